The van der Waals surface area contributed by atoms with Crippen molar-refractivity contribution in [2.75, 3.05) is 0 Å². The van der Waals surface area contributed by atoms with Gasteiger partial charge >= 0.3 is 0 Å². The second-order valence-electron chi connectivity index (χ2n) is 7.97. The second kappa shape index (κ2) is 10.7. The molecule has 148 valence electrons. The predicted octanol–water partition coefficient (Wildman–Crippen LogP) is 6.29. The van der Waals surface area contributed by atoms with Gasteiger partial charge in [-0.15, -0.1) is 0 Å². The maximum atomic E-state index is 4.80. The predicted molar refractivity (Wildman–Crippen MR) is 120 cm³/mol. The fourth-order valence-corrected chi connectivity index (χ4v) is 3.09. The Bertz CT molecular complexity index is 831. The second-order valence-corrected chi connectivity index (χ2v) is 7.97. The average molecular weight is 376 g/mol. The largest absolute Gasteiger partial charge is 0.272 e. The van der Waals surface area contributed by atoms with Crippen molar-refractivity contribution in [1.29, 1.82) is 0 Å². The third-order valence-corrected chi connectivity index (χ3v) is 4.89. The van der Waals surface area contributed by atoms with Gasteiger partial charge in [-0.25, -0.2) is 0 Å². The number of aliphatic imine (C=N–C) groups is 1. The van der Waals surface area contributed by atoms with Crippen LogP contribution in [0, 0.1) is 5.92 Å². The van der Waals surface area contributed by atoms with Crippen molar-refractivity contribution in [1.82, 2.24) is 9.97 Å². The third-order valence-electron chi connectivity index (χ3n) is 4.89. The Morgan fingerprint density at radius 3 is 2.54 bits per heavy atom. The summed E-state index contributed by atoms with van der Waals surface area (Å²) in [5.41, 5.74) is 5.84. The highest BCUT2D eigenvalue weighted by atomic mass is 14.7. The van der Waals surface area contributed by atoms with Crippen molar-refractivity contribution in [2.24, 2.45) is 10.9 Å². The monoisotopic (exact) mass is 375 g/mol. The fourth-order valence-electron chi connectivity index (χ4n) is 3.09. The lowest BCUT2D eigenvalue weighted by molar-refractivity contribution is 0.669. The molecule has 0 N–H and O–H groups in total. The Labute approximate surface area is 170 Å². The first-order valence-electron chi connectivity index (χ1n) is 10.1. The van der Waals surface area contributed by atoms with Crippen LogP contribution < -0.4 is 0 Å². The summed E-state index contributed by atoms with van der Waals surface area (Å²) in [6, 6.07) is 10.6. The molecule has 0 fully saturated rings. The van der Waals surface area contributed by atoms with Crippen LogP contribution in [-0.4, -0.2) is 16.7 Å². The molecule has 3 heteroatoms. The Morgan fingerprint density at radius 1 is 1.07 bits per heavy atom. The summed E-state index contributed by atoms with van der Waals surface area (Å²) >= 11 is 0. The average Bonchev–Trinajstić information content (AvgIpc) is 2.67. The number of nitrogens with zero attached hydrogens (tertiary/aromatic N) is 3. The number of aromatic nitrogens is 2. The number of rotatable bonds is 9. The standard InChI is InChI=1S/C25H33N3/c1-18(2)21-13-14-27-23(16-21)10-7-9-22(17-26-6)20(5)15-24-11-8-12-25(28-24)19(3)4/h7-9,11-14,16-20H,6,10,15H2,1-5H3/b9-7-,22-17+/t20-/m1/s1. The highest BCUT2D eigenvalue weighted by Crippen LogP contribution is 2.20. The first-order chi connectivity index (χ1) is 13.4. The molecule has 2 heterocycles. The van der Waals surface area contributed by atoms with E-state index in [-0.39, 0.29) is 0 Å². The Balaban J connectivity index is 2.07. The molecule has 0 saturated heterocycles. The molecule has 2 aromatic heterocycles. The van der Waals surface area contributed by atoms with Crippen LogP contribution in [-0.2, 0) is 12.8 Å². The molecular formula is C25H33N3. The molecule has 2 aromatic rings. The van der Waals surface area contributed by atoms with Crippen molar-refractivity contribution in [3.8, 4) is 0 Å². The summed E-state index contributed by atoms with van der Waals surface area (Å²) in [5, 5.41) is 0. The first-order valence-corrected chi connectivity index (χ1v) is 10.1. The summed E-state index contributed by atoms with van der Waals surface area (Å²) in [7, 11) is 0. The number of hydrogen-bond donors (Lipinski definition) is 0. The molecule has 0 spiro atoms. The highest BCUT2D eigenvalue weighted by Gasteiger charge is 2.10. The minimum absolute atomic E-state index is 0.312. The van der Waals surface area contributed by atoms with Gasteiger partial charge in [-0.3, -0.25) is 15.0 Å². The zero-order valence-electron chi connectivity index (χ0n) is 17.9. The molecule has 3 nitrogen and oxygen atoms in total. The Kier molecular flexibility index (Phi) is 8.31. The molecule has 0 unspecified atom stereocenters. The molecule has 0 bridgehead atoms. The first kappa shape index (κ1) is 21.7. The van der Waals surface area contributed by atoms with E-state index in [4.69, 9.17) is 4.98 Å². The maximum Gasteiger partial charge on any atom is 0.0444 e. The molecule has 0 aliphatic rings. The molecule has 0 saturated carbocycles. The van der Waals surface area contributed by atoms with Gasteiger partial charge < -0.3 is 0 Å². The van der Waals surface area contributed by atoms with Crippen molar-refractivity contribution in [2.45, 2.75) is 59.3 Å². The molecule has 1 atom stereocenters. The van der Waals surface area contributed by atoms with Crippen LogP contribution in [0.25, 0.3) is 0 Å². The van der Waals surface area contributed by atoms with Gasteiger partial charge in [-0.2, -0.15) is 0 Å². The number of pyridine rings is 2. The minimum atomic E-state index is 0.312. The molecule has 0 aliphatic carbocycles. The van der Waals surface area contributed by atoms with E-state index < -0.39 is 0 Å². The molecule has 0 amide bonds. The van der Waals surface area contributed by atoms with E-state index in [0.29, 0.717) is 17.8 Å². The Hall–Kier alpha value is -2.55. The molecular weight excluding hydrogens is 342 g/mol. The highest BCUT2D eigenvalue weighted by molar-refractivity contribution is 5.31. The van der Waals surface area contributed by atoms with Crippen molar-refractivity contribution in [3.63, 3.8) is 0 Å². The molecule has 0 aliphatic heterocycles. The smallest absolute Gasteiger partial charge is 0.0444 e. The zero-order chi connectivity index (χ0) is 20.5. The lowest BCUT2D eigenvalue weighted by Gasteiger charge is -2.14. The molecule has 2 rings (SSSR count). The lowest BCUT2D eigenvalue weighted by atomic mass is 9.95. The van der Waals surface area contributed by atoms with E-state index >= 15 is 0 Å². The van der Waals surface area contributed by atoms with Crippen molar-refractivity contribution >= 4 is 6.72 Å². The van der Waals surface area contributed by atoms with Crippen LogP contribution in [0.3, 0.4) is 0 Å². The van der Waals surface area contributed by atoms with E-state index in [0.717, 1.165) is 35.5 Å². The third kappa shape index (κ3) is 6.56. The molecule has 0 radical (unpaired) electrons. The van der Waals surface area contributed by atoms with Gasteiger partial charge in [0.2, 0.25) is 0 Å². The van der Waals surface area contributed by atoms with E-state index in [2.05, 4.69) is 93.8 Å². The summed E-state index contributed by atoms with van der Waals surface area (Å²) in [4.78, 5) is 13.3. The van der Waals surface area contributed by atoms with Gasteiger partial charge in [0.1, 0.15) is 0 Å². The summed E-state index contributed by atoms with van der Waals surface area (Å²) in [6.45, 7) is 14.6. The SMILES string of the molecule is C=N/C=C(\C=C/Cc1cc(C(C)C)ccn1)[C@H](C)Cc1cccc(C(C)C)n1. The van der Waals surface area contributed by atoms with Gasteiger partial charge in [-0.05, 0) is 66.3 Å². The summed E-state index contributed by atoms with van der Waals surface area (Å²) < 4.78 is 0. The number of hydrogen-bond acceptors (Lipinski definition) is 3. The van der Waals surface area contributed by atoms with Crippen molar-refractivity contribution < 1.29 is 0 Å². The van der Waals surface area contributed by atoms with Gasteiger partial charge in [0.25, 0.3) is 0 Å². The van der Waals surface area contributed by atoms with Gasteiger partial charge in [0.15, 0.2) is 0 Å². The summed E-state index contributed by atoms with van der Waals surface area (Å²) in [6.07, 6.45) is 9.76. The van der Waals surface area contributed by atoms with Crippen LogP contribution in [0.4, 0.5) is 0 Å². The van der Waals surface area contributed by atoms with E-state index in [1.165, 1.54) is 5.56 Å². The van der Waals surface area contributed by atoms with Gasteiger partial charge in [-0.1, -0.05) is 52.8 Å². The number of allylic oxidation sites excluding steroid dienone is 3. The summed E-state index contributed by atoms with van der Waals surface area (Å²) in [5.74, 6) is 1.26. The van der Waals surface area contributed by atoms with E-state index in [1.54, 1.807) is 0 Å². The van der Waals surface area contributed by atoms with Crippen LogP contribution in [0.1, 0.15) is 69.1 Å². The Morgan fingerprint density at radius 2 is 1.86 bits per heavy atom. The van der Waals surface area contributed by atoms with E-state index in [9.17, 15) is 0 Å². The topological polar surface area (TPSA) is 38.1 Å². The zero-order valence-corrected chi connectivity index (χ0v) is 17.9. The van der Waals surface area contributed by atoms with Gasteiger partial charge in [0.05, 0.1) is 0 Å². The van der Waals surface area contributed by atoms with Crippen LogP contribution in [0.5, 0.6) is 0 Å². The quantitative estimate of drug-likeness (QED) is 0.382. The van der Waals surface area contributed by atoms with E-state index in [1.807, 2.05) is 12.4 Å². The maximum absolute atomic E-state index is 4.80. The fraction of sp³-hybridized carbons (Fsp3) is 0.400. The van der Waals surface area contributed by atoms with Crippen LogP contribution in [0.15, 0.2) is 65.4 Å². The minimum Gasteiger partial charge on any atom is -0.272 e. The lowest BCUT2D eigenvalue weighted by Crippen LogP contribution is -2.06. The molecule has 0 aromatic carbocycles. The van der Waals surface area contributed by atoms with Gasteiger partial charge in [0, 0.05) is 35.9 Å². The van der Waals surface area contributed by atoms with Crippen LogP contribution in [0.2, 0.25) is 0 Å². The normalized spacial score (nSPS) is 13.5. The molecule has 28 heavy (non-hydrogen) atoms. The van der Waals surface area contributed by atoms with Crippen molar-refractivity contribution in [3.05, 3.63) is 83.1 Å². The van der Waals surface area contributed by atoms with Crippen LogP contribution >= 0.6 is 0 Å².